The SMILES string of the molecule is C=CC(C=O)CC(C)C. The molecule has 0 saturated carbocycles. The molecule has 9 heavy (non-hydrogen) atoms. The molecule has 1 nitrogen and oxygen atoms in total. The van der Waals surface area contributed by atoms with Gasteiger partial charge >= 0.3 is 0 Å². The summed E-state index contributed by atoms with van der Waals surface area (Å²) in [6.45, 7) is 7.75. The molecule has 0 radical (unpaired) electrons. The zero-order valence-electron chi connectivity index (χ0n) is 6.13. The third kappa shape index (κ3) is 3.95. The Labute approximate surface area is 56.8 Å². The summed E-state index contributed by atoms with van der Waals surface area (Å²) in [5.41, 5.74) is 0. The zero-order chi connectivity index (χ0) is 7.28. The highest BCUT2D eigenvalue weighted by Crippen LogP contribution is 2.09. The number of rotatable bonds is 4. The van der Waals surface area contributed by atoms with E-state index in [1.807, 2.05) is 0 Å². The van der Waals surface area contributed by atoms with Gasteiger partial charge in [0.1, 0.15) is 6.29 Å². The average Bonchev–Trinajstić information content (AvgIpc) is 1.82. The minimum absolute atomic E-state index is 0.0602. The molecule has 0 amide bonds. The Kier molecular flexibility index (Phi) is 4.02. The Morgan fingerprint density at radius 1 is 1.56 bits per heavy atom. The van der Waals surface area contributed by atoms with Crippen molar-refractivity contribution in [1.29, 1.82) is 0 Å². The van der Waals surface area contributed by atoms with E-state index in [1.165, 1.54) is 0 Å². The van der Waals surface area contributed by atoms with Crippen LogP contribution in [0.3, 0.4) is 0 Å². The van der Waals surface area contributed by atoms with Crippen molar-refractivity contribution in [2.75, 3.05) is 0 Å². The third-order valence-electron chi connectivity index (χ3n) is 1.22. The minimum Gasteiger partial charge on any atom is -0.303 e. The molecule has 0 aromatic heterocycles. The van der Waals surface area contributed by atoms with Crippen LogP contribution < -0.4 is 0 Å². The maximum absolute atomic E-state index is 10.2. The summed E-state index contributed by atoms with van der Waals surface area (Å²) < 4.78 is 0. The smallest absolute Gasteiger partial charge is 0.126 e. The van der Waals surface area contributed by atoms with Crippen molar-refractivity contribution < 1.29 is 4.79 Å². The van der Waals surface area contributed by atoms with Gasteiger partial charge < -0.3 is 4.79 Å². The highest BCUT2D eigenvalue weighted by atomic mass is 16.1. The van der Waals surface area contributed by atoms with Crippen LogP contribution >= 0.6 is 0 Å². The van der Waals surface area contributed by atoms with E-state index < -0.39 is 0 Å². The van der Waals surface area contributed by atoms with Crippen molar-refractivity contribution in [2.45, 2.75) is 20.3 Å². The van der Waals surface area contributed by atoms with Gasteiger partial charge in [0.15, 0.2) is 0 Å². The van der Waals surface area contributed by atoms with Crippen LogP contribution in [0, 0.1) is 11.8 Å². The lowest BCUT2D eigenvalue weighted by molar-refractivity contribution is -0.110. The fourth-order valence-electron chi connectivity index (χ4n) is 0.752. The quantitative estimate of drug-likeness (QED) is 0.416. The van der Waals surface area contributed by atoms with Crippen LogP contribution in [0.4, 0.5) is 0 Å². The molecule has 0 aliphatic heterocycles. The van der Waals surface area contributed by atoms with Crippen LogP contribution in [0.15, 0.2) is 12.7 Å². The first-order chi connectivity index (χ1) is 4.20. The van der Waals surface area contributed by atoms with Crippen LogP contribution in [0.2, 0.25) is 0 Å². The lowest BCUT2D eigenvalue weighted by Crippen LogP contribution is -2.01. The van der Waals surface area contributed by atoms with Crippen LogP contribution in [-0.4, -0.2) is 6.29 Å². The molecule has 0 fully saturated rings. The first kappa shape index (κ1) is 8.41. The average molecular weight is 126 g/mol. The highest BCUT2D eigenvalue weighted by Gasteiger charge is 2.03. The lowest BCUT2D eigenvalue weighted by Gasteiger charge is -2.05. The van der Waals surface area contributed by atoms with Gasteiger partial charge in [-0.05, 0) is 12.3 Å². The van der Waals surface area contributed by atoms with Gasteiger partial charge in [0.25, 0.3) is 0 Å². The summed E-state index contributed by atoms with van der Waals surface area (Å²) in [6.07, 6.45) is 3.58. The predicted molar refractivity (Wildman–Crippen MR) is 39.2 cm³/mol. The van der Waals surface area contributed by atoms with Gasteiger partial charge in [0, 0.05) is 5.92 Å². The first-order valence-electron chi connectivity index (χ1n) is 3.28. The van der Waals surface area contributed by atoms with E-state index in [4.69, 9.17) is 0 Å². The van der Waals surface area contributed by atoms with Gasteiger partial charge in [-0.3, -0.25) is 0 Å². The van der Waals surface area contributed by atoms with Crippen LogP contribution in [0.5, 0.6) is 0 Å². The normalized spacial score (nSPS) is 13.2. The van der Waals surface area contributed by atoms with Crippen molar-refractivity contribution in [3.63, 3.8) is 0 Å². The molecule has 0 saturated heterocycles. The maximum atomic E-state index is 10.2. The van der Waals surface area contributed by atoms with Crippen LogP contribution in [0.1, 0.15) is 20.3 Å². The molecule has 0 aliphatic rings. The van der Waals surface area contributed by atoms with E-state index in [0.29, 0.717) is 5.92 Å². The van der Waals surface area contributed by atoms with Gasteiger partial charge in [-0.2, -0.15) is 0 Å². The molecule has 0 rings (SSSR count). The van der Waals surface area contributed by atoms with E-state index in [1.54, 1.807) is 6.08 Å². The lowest BCUT2D eigenvalue weighted by atomic mass is 9.99. The first-order valence-corrected chi connectivity index (χ1v) is 3.28. The molecule has 1 heteroatoms. The van der Waals surface area contributed by atoms with Crippen LogP contribution in [0.25, 0.3) is 0 Å². The molecular formula is C8H14O. The van der Waals surface area contributed by atoms with E-state index in [-0.39, 0.29) is 5.92 Å². The Morgan fingerprint density at radius 2 is 2.11 bits per heavy atom. The maximum Gasteiger partial charge on any atom is 0.126 e. The molecule has 1 atom stereocenters. The molecule has 0 bridgehead atoms. The van der Waals surface area contributed by atoms with Crippen LogP contribution in [-0.2, 0) is 4.79 Å². The summed E-state index contributed by atoms with van der Waals surface area (Å²) in [5, 5.41) is 0. The molecule has 0 spiro atoms. The Hall–Kier alpha value is -0.590. The molecule has 0 heterocycles. The monoisotopic (exact) mass is 126 g/mol. The molecule has 0 aromatic rings. The molecule has 1 unspecified atom stereocenters. The Bertz CT molecular complexity index is 86.7. The summed E-state index contributed by atoms with van der Waals surface area (Å²) >= 11 is 0. The van der Waals surface area contributed by atoms with Crippen molar-refractivity contribution in [3.05, 3.63) is 12.7 Å². The van der Waals surface area contributed by atoms with E-state index in [9.17, 15) is 4.79 Å². The molecule has 0 N–H and O–H groups in total. The molecule has 52 valence electrons. The third-order valence-corrected chi connectivity index (χ3v) is 1.22. The number of allylic oxidation sites excluding steroid dienone is 1. The fourth-order valence-corrected chi connectivity index (χ4v) is 0.752. The Morgan fingerprint density at radius 3 is 2.22 bits per heavy atom. The second-order valence-corrected chi connectivity index (χ2v) is 2.67. The van der Waals surface area contributed by atoms with Crippen molar-refractivity contribution in [1.82, 2.24) is 0 Å². The largest absolute Gasteiger partial charge is 0.303 e. The number of aldehydes is 1. The summed E-state index contributed by atoms with van der Waals surface area (Å²) in [7, 11) is 0. The topological polar surface area (TPSA) is 17.1 Å². The van der Waals surface area contributed by atoms with Gasteiger partial charge in [-0.25, -0.2) is 0 Å². The number of hydrogen-bond donors (Lipinski definition) is 0. The summed E-state index contributed by atoms with van der Waals surface area (Å²) in [5.74, 6) is 0.642. The molecule has 0 aromatic carbocycles. The van der Waals surface area contributed by atoms with Gasteiger partial charge in [-0.15, -0.1) is 6.58 Å². The van der Waals surface area contributed by atoms with E-state index in [2.05, 4.69) is 20.4 Å². The number of hydrogen-bond acceptors (Lipinski definition) is 1. The second-order valence-electron chi connectivity index (χ2n) is 2.67. The minimum atomic E-state index is 0.0602. The summed E-state index contributed by atoms with van der Waals surface area (Å²) in [6, 6.07) is 0. The van der Waals surface area contributed by atoms with Gasteiger partial charge in [0.05, 0.1) is 0 Å². The number of carbonyl (C=O) groups is 1. The van der Waals surface area contributed by atoms with Crippen molar-refractivity contribution >= 4 is 6.29 Å². The standard InChI is InChI=1S/C8H14O/c1-4-8(6-9)5-7(2)3/h4,6-8H,1,5H2,2-3H3. The van der Waals surface area contributed by atoms with Crippen molar-refractivity contribution in [2.24, 2.45) is 11.8 Å². The number of carbonyl (C=O) groups excluding carboxylic acids is 1. The van der Waals surface area contributed by atoms with Crippen molar-refractivity contribution in [3.8, 4) is 0 Å². The van der Waals surface area contributed by atoms with E-state index in [0.717, 1.165) is 12.7 Å². The molecular weight excluding hydrogens is 112 g/mol. The molecule has 0 aliphatic carbocycles. The Balaban J connectivity index is 3.55. The summed E-state index contributed by atoms with van der Waals surface area (Å²) in [4.78, 5) is 10.2. The zero-order valence-corrected chi connectivity index (χ0v) is 6.13. The van der Waals surface area contributed by atoms with Gasteiger partial charge in [0.2, 0.25) is 0 Å². The van der Waals surface area contributed by atoms with E-state index >= 15 is 0 Å². The second kappa shape index (κ2) is 4.30. The van der Waals surface area contributed by atoms with Gasteiger partial charge in [-0.1, -0.05) is 19.9 Å². The fraction of sp³-hybridized carbons (Fsp3) is 0.625. The predicted octanol–water partition coefficient (Wildman–Crippen LogP) is 2.03. The highest BCUT2D eigenvalue weighted by molar-refractivity contribution is 5.56.